The normalized spacial score (nSPS) is 11.2. The maximum absolute atomic E-state index is 12.5. The molecule has 3 aromatic heterocycles. The van der Waals surface area contributed by atoms with Gasteiger partial charge in [0.25, 0.3) is 11.1 Å². The summed E-state index contributed by atoms with van der Waals surface area (Å²) in [5.41, 5.74) is 1.92. The Hall–Kier alpha value is -3.35. The number of aromatic nitrogens is 5. The van der Waals surface area contributed by atoms with Gasteiger partial charge in [0.15, 0.2) is 0 Å². The minimum absolute atomic E-state index is 0.0936. The summed E-state index contributed by atoms with van der Waals surface area (Å²) in [5, 5.41) is 8.46. The molecule has 4 rings (SSSR count). The Bertz CT molecular complexity index is 1190. The van der Waals surface area contributed by atoms with Crippen molar-refractivity contribution in [2.24, 2.45) is 0 Å². The first-order valence-electron chi connectivity index (χ1n) is 7.44. The van der Waals surface area contributed by atoms with Gasteiger partial charge in [-0.05, 0) is 31.2 Å². The fraction of sp³-hybridized carbons (Fsp3) is 0.118. The Balaban J connectivity index is 1.84. The van der Waals surface area contributed by atoms with Crippen LogP contribution in [-0.4, -0.2) is 24.4 Å². The molecule has 24 heavy (non-hydrogen) atoms. The van der Waals surface area contributed by atoms with Gasteiger partial charge in [0.1, 0.15) is 11.2 Å². The van der Waals surface area contributed by atoms with E-state index in [4.69, 9.17) is 0 Å². The van der Waals surface area contributed by atoms with Crippen molar-refractivity contribution in [2.75, 3.05) is 0 Å². The van der Waals surface area contributed by atoms with Crippen LogP contribution in [0.4, 0.5) is 0 Å². The molecule has 0 aliphatic heterocycles. The highest BCUT2D eigenvalue weighted by molar-refractivity contribution is 5.76. The van der Waals surface area contributed by atoms with Gasteiger partial charge >= 0.3 is 0 Å². The van der Waals surface area contributed by atoms with E-state index in [2.05, 4.69) is 15.3 Å². The van der Waals surface area contributed by atoms with Crippen LogP contribution in [0.25, 0.3) is 16.6 Å². The molecule has 0 fully saturated rings. The van der Waals surface area contributed by atoms with Gasteiger partial charge in [-0.2, -0.15) is 0 Å². The Labute approximate surface area is 135 Å². The molecule has 1 aromatic carbocycles. The number of pyridine rings is 1. The average molecular weight is 319 g/mol. The Kier molecular flexibility index (Phi) is 3.19. The third kappa shape index (κ3) is 2.26. The SMILES string of the molecule is Cc1cccc2nc(Cn3nnc4ccccc4c3=O)cc(=O)n12. The molecule has 0 aliphatic rings. The van der Waals surface area contributed by atoms with Crippen molar-refractivity contribution in [1.29, 1.82) is 0 Å². The van der Waals surface area contributed by atoms with Crippen molar-refractivity contribution < 1.29 is 0 Å². The zero-order valence-corrected chi connectivity index (χ0v) is 12.9. The van der Waals surface area contributed by atoms with E-state index in [9.17, 15) is 9.59 Å². The molecular formula is C17H13N5O2. The van der Waals surface area contributed by atoms with Crippen LogP contribution in [0.2, 0.25) is 0 Å². The van der Waals surface area contributed by atoms with Crippen LogP contribution in [0.1, 0.15) is 11.4 Å². The van der Waals surface area contributed by atoms with Crippen molar-refractivity contribution in [3.8, 4) is 0 Å². The highest BCUT2D eigenvalue weighted by Crippen LogP contribution is 2.06. The van der Waals surface area contributed by atoms with Crippen molar-refractivity contribution in [1.82, 2.24) is 24.4 Å². The van der Waals surface area contributed by atoms with Crippen LogP contribution in [0.15, 0.2) is 58.1 Å². The lowest BCUT2D eigenvalue weighted by Gasteiger charge is -2.07. The lowest BCUT2D eigenvalue weighted by Crippen LogP contribution is -2.26. The summed E-state index contributed by atoms with van der Waals surface area (Å²) in [7, 11) is 0. The van der Waals surface area contributed by atoms with E-state index in [1.54, 1.807) is 30.3 Å². The monoisotopic (exact) mass is 319 g/mol. The molecule has 0 unspecified atom stereocenters. The maximum Gasteiger partial charge on any atom is 0.277 e. The number of fused-ring (bicyclic) bond motifs is 2. The summed E-state index contributed by atoms with van der Waals surface area (Å²) in [5.74, 6) is 0. The summed E-state index contributed by atoms with van der Waals surface area (Å²) < 4.78 is 2.74. The minimum atomic E-state index is -0.258. The molecule has 0 amide bonds. The lowest BCUT2D eigenvalue weighted by atomic mass is 10.2. The quantitative estimate of drug-likeness (QED) is 0.554. The zero-order chi connectivity index (χ0) is 16.7. The molecule has 0 saturated carbocycles. The van der Waals surface area contributed by atoms with Gasteiger partial charge < -0.3 is 0 Å². The molecule has 4 aromatic rings. The Morgan fingerprint density at radius 1 is 1.04 bits per heavy atom. The standard InChI is InChI=1S/C17H13N5O2/c1-11-5-4-8-15-18-12(9-16(23)22(11)15)10-21-17(24)13-6-2-3-7-14(13)19-20-21/h2-9H,10H2,1H3. The number of benzene rings is 1. The van der Waals surface area contributed by atoms with E-state index in [0.717, 1.165) is 5.69 Å². The van der Waals surface area contributed by atoms with Gasteiger partial charge in [-0.15, -0.1) is 5.10 Å². The van der Waals surface area contributed by atoms with E-state index < -0.39 is 0 Å². The van der Waals surface area contributed by atoms with Gasteiger partial charge in [-0.1, -0.05) is 23.4 Å². The fourth-order valence-electron chi connectivity index (χ4n) is 2.73. The van der Waals surface area contributed by atoms with E-state index in [1.807, 2.05) is 19.1 Å². The van der Waals surface area contributed by atoms with E-state index in [-0.39, 0.29) is 17.7 Å². The third-order valence-electron chi connectivity index (χ3n) is 3.87. The van der Waals surface area contributed by atoms with Crippen LogP contribution in [0.3, 0.4) is 0 Å². The zero-order valence-electron chi connectivity index (χ0n) is 12.9. The highest BCUT2D eigenvalue weighted by atomic mass is 16.1. The number of hydrogen-bond donors (Lipinski definition) is 0. The fourth-order valence-corrected chi connectivity index (χ4v) is 2.73. The summed E-state index contributed by atoms with van der Waals surface area (Å²) in [6, 6.07) is 13.9. The van der Waals surface area contributed by atoms with Crippen molar-refractivity contribution >= 4 is 16.6 Å². The van der Waals surface area contributed by atoms with Crippen LogP contribution in [0.5, 0.6) is 0 Å². The molecule has 7 heteroatoms. The second kappa shape index (κ2) is 5.38. The first-order chi connectivity index (χ1) is 11.6. The highest BCUT2D eigenvalue weighted by Gasteiger charge is 2.09. The minimum Gasteiger partial charge on any atom is -0.269 e. The molecule has 0 saturated heterocycles. The first kappa shape index (κ1) is 14.3. The van der Waals surface area contributed by atoms with Gasteiger partial charge in [-0.25, -0.2) is 9.67 Å². The maximum atomic E-state index is 12.5. The smallest absolute Gasteiger partial charge is 0.269 e. The molecule has 3 heterocycles. The van der Waals surface area contributed by atoms with Crippen LogP contribution in [-0.2, 0) is 6.54 Å². The Morgan fingerprint density at radius 3 is 2.75 bits per heavy atom. The second-order valence-electron chi connectivity index (χ2n) is 5.52. The summed E-state index contributed by atoms with van der Waals surface area (Å²) >= 11 is 0. The summed E-state index contributed by atoms with van der Waals surface area (Å²) in [6.07, 6.45) is 0. The molecule has 0 radical (unpaired) electrons. The molecule has 0 atom stereocenters. The predicted molar refractivity (Wildman–Crippen MR) is 89.1 cm³/mol. The van der Waals surface area contributed by atoms with Crippen LogP contribution in [0, 0.1) is 6.92 Å². The van der Waals surface area contributed by atoms with Crippen molar-refractivity contribution in [3.63, 3.8) is 0 Å². The van der Waals surface area contributed by atoms with Gasteiger partial charge in [0, 0.05) is 11.8 Å². The molecule has 0 spiro atoms. The van der Waals surface area contributed by atoms with Gasteiger partial charge in [0.2, 0.25) is 0 Å². The van der Waals surface area contributed by atoms with Gasteiger partial charge in [-0.3, -0.25) is 14.0 Å². The third-order valence-corrected chi connectivity index (χ3v) is 3.87. The summed E-state index contributed by atoms with van der Waals surface area (Å²) in [4.78, 5) is 29.2. The van der Waals surface area contributed by atoms with Crippen molar-refractivity contribution in [2.45, 2.75) is 13.5 Å². The number of aryl methyl sites for hydroxylation is 1. The largest absolute Gasteiger partial charge is 0.277 e. The first-order valence-corrected chi connectivity index (χ1v) is 7.44. The summed E-state index contributed by atoms with van der Waals surface area (Å²) in [6.45, 7) is 1.94. The number of hydrogen-bond acceptors (Lipinski definition) is 5. The lowest BCUT2D eigenvalue weighted by molar-refractivity contribution is 0.591. The Morgan fingerprint density at radius 2 is 1.88 bits per heavy atom. The second-order valence-corrected chi connectivity index (χ2v) is 5.52. The molecule has 0 aliphatic carbocycles. The molecule has 0 N–H and O–H groups in total. The predicted octanol–water partition coefficient (Wildman–Crippen LogP) is 1.16. The average Bonchev–Trinajstić information content (AvgIpc) is 2.57. The topological polar surface area (TPSA) is 82.2 Å². The van der Waals surface area contributed by atoms with E-state index >= 15 is 0 Å². The van der Waals surface area contributed by atoms with Crippen molar-refractivity contribution in [3.05, 3.63) is 80.6 Å². The van der Waals surface area contributed by atoms with E-state index in [0.29, 0.717) is 22.2 Å². The number of nitrogens with zero attached hydrogens (tertiary/aromatic N) is 5. The van der Waals surface area contributed by atoms with E-state index in [1.165, 1.54) is 15.1 Å². The number of rotatable bonds is 2. The van der Waals surface area contributed by atoms with Gasteiger partial charge in [0.05, 0.1) is 17.6 Å². The molecule has 7 nitrogen and oxygen atoms in total. The molecule has 0 bridgehead atoms. The molecular weight excluding hydrogens is 306 g/mol. The van der Waals surface area contributed by atoms with Crippen LogP contribution >= 0.6 is 0 Å². The van der Waals surface area contributed by atoms with Crippen LogP contribution < -0.4 is 11.1 Å². The molecule has 118 valence electrons.